The average molecular weight is 346 g/mol. The van der Waals surface area contributed by atoms with E-state index < -0.39 is 0 Å². The fraction of sp³-hybridized carbons (Fsp3) is 0.571. The number of fused-ring (bicyclic) bond motifs is 1. The molecule has 2 atom stereocenters. The molecule has 19 heavy (non-hydrogen) atoms. The van der Waals surface area contributed by atoms with Gasteiger partial charge >= 0.3 is 0 Å². The molecular weight excluding hydrogens is 326 g/mol. The first-order chi connectivity index (χ1) is 9.13. The van der Waals surface area contributed by atoms with Gasteiger partial charge in [-0.2, -0.15) is 11.8 Å². The predicted octanol–water partition coefficient (Wildman–Crippen LogP) is 3.61. The number of benzene rings is 1. The van der Waals surface area contributed by atoms with Crippen LogP contribution in [0.1, 0.15) is 24.1 Å². The number of nitrogens with one attached hydrogen (secondary N) is 1. The Bertz CT molecular complexity index is 467. The molecule has 1 heterocycles. The van der Waals surface area contributed by atoms with E-state index in [0.717, 1.165) is 27.5 Å². The van der Waals surface area contributed by atoms with E-state index in [1.54, 1.807) is 14.2 Å². The van der Waals surface area contributed by atoms with Gasteiger partial charge in [0, 0.05) is 22.9 Å². The summed E-state index contributed by atoms with van der Waals surface area (Å²) >= 11 is 5.54. The SMILES string of the molecule is CNC1c2c(c(OC)cc(Br)c2OC)CSCC1C. The molecule has 0 bridgehead atoms. The second kappa shape index (κ2) is 6.37. The van der Waals surface area contributed by atoms with Crippen LogP contribution in [0.25, 0.3) is 0 Å². The van der Waals surface area contributed by atoms with Gasteiger partial charge in [-0.05, 0) is 40.7 Å². The number of rotatable bonds is 3. The lowest BCUT2D eigenvalue weighted by Crippen LogP contribution is -2.25. The van der Waals surface area contributed by atoms with Gasteiger partial charge < -0.3 is 14.8 Å². The minimum atomic E-state index is 0.284. The van der Waals surface area contributed by atoms with Gasteiger partial charge in [-0.1, -0.05) is 6.92 Å². The van der Waals surface area contributed by atoms with Crippen molar-refractivity contribution in [1.29, 1.82) is 0 Å². The summed E-state index contributed by atoms with van der Waals surface area (Å²) in [6.45, 7) is 2.27. The average Bonchev–Trinajstić information content (AvgIpc) is 2.56. The lowest BCUT2D eigenvalue weighted by Gasteiger charge is -2.26. The monoisotopic (exact) mass is 345 g/mol. The van der Waals surface area contributed by atoms with Crippen LogP contribution in [-0.2, 0) is 5.75 Å². The summed E-state index contributed by atoms with van der Waals surface area (Å²) < 4.78 is 12.1. The highest BCUT2D eigenvalue weighted by molar-refractivity contribution is 9.10. The van der Waals surface area contributed by atoms with Crippen LogP contribution in [-0.4, -0.2) is 27.0 Å². The Balaban J connectivity index is 2.68. The minimum absolute atomic E-state index is 0.284. The van der Waals surface area contributed by atoms with Crippen molar-refractivity contribution >= 4 is 27.7 Å². The highest BCUT2D eigenvalue weighted by atomic mass is 79.9. The summed E-state index contributed by atoms with van der Waals surface area (Å²) in [6, 6.07) is 2.28. The zero-order chi connectivity index (χ0) is 14.0. The lowest BCUT2D eigenvalue weighted by molar-refractivity contribution is 0.372. The molecule has 1 N–H and O–H groups in total. The van der Waals surface area contributed by atoms with Gasteiger partial charge in [0.2, 0.25) is 0 Å². The molecule has 0 amide bonds. The van der Waals surface area contributed by atoms with E-state index in [2.05, 4.69) is 28.2 Å². The fourth-order valence-corrected chi connectivity index (χ4v) is 4.46. The maximum Gasteiger partial charge on any atom is 0.138 e. The Hall–Kier alpha value is -0.390. The van der Waals surface area contributed by atoms with Crippen LogP contribution in [0.2, 0.25) is 0 Å². The Morgan fingerprint density at radius 2 is 2.11 bits per heavy atom. The van der Waals surface area contributed by atoms with Crippen LogP contribution in [0.5, 0.6) is 11.5 Å². The molecule has 0 radical (unpaired) electrons. The topological polar surface area (TPSA) is 30.5 Å². The zero-order valence-electron chi connectivity index (χ0n) is 11.7. The molecule has 0 aromatic heterocycles. The second-order valence-electron chi connectivity index (χ2n) is 4.74. The van der Waals surface area contributed by atoms with Crippen molar-refractivity contribution in [3.05, 3.63) is 21.7 Å². The molecule has 0 aliphatic carbocycles. The maximum absolute atomic E-state index is 5.63. The molecule has 106 valence electrons. The normalized spacial score (nSPS) is 22.6. The van der Waals surface area contributed by atoms with Crippen LogP contribution < -0.4 is 14.8 Å². The Labute approximate surface area is 127 Å². The standard InChI is InChI=1S/C14H20BrNO2S/c1-8-6-19-7-9-11(17-3)5-10(15)14(18-4)12(9)13(8)16-2/h5,8,13,16H,6-7H2,1-4H3. The Morgan fingerprint density at radius 1 is 1.37 bits per heavy atom. The predicted molar refractivity (Wildman–Crippen MR) is 84.4 cm³/mol. The molecular formula is C14H20BrNO2S. The van der Waals surface area contributed by atoms with Crippen molar-refractivity contribution in [2.45, 2.75) is 18.7 Å². The first kappa shape index (κ1) is 15.0. The molecule has 1 aliphatic heterocycles. The highest BCUT2D eigenvalue weighted by Crippen LogP contribution is 2.46. The van der Waals surface area contributed by atoms with E-state index in [9.17, 15) is 0 Å². The minimum Gasteiger partial charge on any atom is -0.496 e. The van der Waals surface area contributed by atoms with E-state index >= 15 is 0 Å². The first-order valence-electron chi connectivity index (χ1n) is 6.32. The summed E-state index contributed by atoms with van der Waals surface area (Å²) in [7, 11) is 5.46. The molecule has 0 fully saturated rings. The largest absolute Gasteiger partial charge is 0.496 e. The van der Waals surface area contributed by atoms with E-state index in [1.165, 1.54) is 11.1 Å². The molecule has 1 aromatic rings. The molecule has 1 aromatic carbocycles. The molecule has 5 heteroatoms. The zero-order valence-corrected chi connectivity index (χ0v) is 14.2. The van der Waals surface area contributed by atoms with Gasteiger partial charge in [0.15, 0.2) is 0 Å². The molecule has 2 unspecified atom stereocenters. The number of thioether (sulfide) groups is 1. The molecule has 2 rings (SSSR count). The maximum atomic E-state index is 5.63. The van der Waals surface area contributed by atoms with Gasteiger partial charge in [-0.3, -0.25) is 0 Å². The van der Waals surface area contributed by atoms with Gasteiger partial charge in [0.25, 0.3) is 0 Å². The van der Waals surface area contributed by atoms with Crippen molar-refractivity contribution in [2.24, 2.45) is 5.92 Å². The Kier molecular flexibility index (Phi) is 5.03. The van der Waals surface area contributed by atoms with E-state index in [-0.39, 0.29) is 6.04 Å². The highest BCUT2D eigenvalue weighted by Gasteiger charge is 2.30. The molecule has 0 spiro atoms. The molecule has 0 saturated carbocycles. The Morgan fingerprint density at radius 3 is 2.68 bits per heavy atom. The van der Waals surface area contributed by atoms with Crippen LogP contribution in [0.15, 0.2) is 10.5 Å². The summed E-state index contributed by atoms with van der Waals surface area (Å²) in [5.74, 6) is 4.49. The number of halogens is 1. The molecule has 1 aliphatic rings. The van der Waals surface area contributed by atoms with Gasteiger partial charge in [0.05, 0.1) is 18.7 Å². The summed E-state index contributed by atoms with van der Waals surface area (Å²) in [5, 5.41) is 3.43. The summed E-state index contributed by atoms with van der Waals surface area (Å²) in [6.07, 6.45) is 0. The molecule has 0 saturated heterocycles. The fourth-order valence-electron chi connectivity index (χ4n) is 2.69. The number of ether oxygens (including phenoxy) is 2. The van der Waals surface area contributed by atoms with E-state index in [4.69, 9.17) is 9.47 Å². The quantitative estimate of drug-likeness (QED) is 0.906. The summed E-state index contributed by atoms with van der Waals surface area (Å²) in [5.41, 5.74) is 2.48. The number of methoxy groups -OCH3 is 2. The molecule has 3 nitrogen and oxygen atoms in total. The van der Waals surface area contributed by atoms with Gasteiger partial charge in [-0.15, -0.1) is 0 Å². The summed E-state index contributed by atoms with van der Waals surface area (Å²) in [4.78, 5) is 0. The second-order valence-corrected chi connectivity index (χ2v) is 6.63. The van der Waals surface area contributed by atoms with Crippen molar-refractivity contribution in [3.63, 3.8) is 0 Å². The first-order valence-corrected chi connectivity index (χ1v) is 8.27. The number of hydrogen-bond acceptors (Lipinski definition) is 4. The van der Waals surface area contributed by atoms with Crippen LogP contribution in [0, 0.1) is 5.92 Å². The third kappa shape index (κ3) is 2.73. The van der Waals surface area contributed by atoms with Gasteiger partial charge in [0.1, 0.15) is 11.5 Å². The van der Waals surface area contributed by atoms with Crippen molar-refractivity contribution in [3.8, 4) is 11.5 Å². The van der Waals surface area contributed by atoms with Crippen molar-refractivity contribution in [2.75, 3.05) is 27.0 Å². The van der Waals surface area contributed by atoms with Crippen LogP contribution in [0.4, 0.5) is 0 Å². The van der Waals surface area contributed by atoms with E-state index in [0.29, 0.717) is 5.92 Å². The lowest BCUT2D eigenvalue weighted by atomic mass is 9.91. The van der Waals surface area contributed by atoms with Crippen molar-refractivity contribution < 1.29 is 9.47 Å². The van der Waals surface area contributed by atoms with E-state index in [1.807, 2.05) is 24.9 Å². The third-order valence-corrected chi connectivity index (χ3v) is 5.43. The van der Waals surface area contributed by atoms with Crippen molar-refractivity contribution in [1.82, 2.24) is 5.32 Å². The number of hydrogen-bond donors (Lipinski definition) is 1. The van der Waals surface area contributed by atoms with Crippen LogP contribution >= 0.6 is 27.7 Å². The third-order valence-electron chi connectivity index (χ3n) is 3.58. The van der Waals surface area contributed by atoms with Gasteiger partial charge in [-0.25, -0.2) is 0 Å². The smallest absolute Gasteiger partial charge is 0.138 e. The van der Waals surface area contributed by atoms with Crippen LogP contribution in [0.3, 0.4) is 0 Å².